The zero-order valence-electron chi connectivity index (χ0n) is 17.5. The number of fused-ring (bicyclic) bond motifs is 2. The molecule has 0 bridgehead atoms. The molecule has 0 spiro atoms. The number of benzene rings is 2. The number of nitrogens with one attached hydrogen (secondary N) is 1. The highest BCUT2D eigenvalue weighted by molar-refractivity contribution is 6.22. The van der Waals surface area contributed by atoms with Crippen molar-refractivity contribution in [2.45, 2.75) is 32.3 Å². The largest absolute Gasteiger partial charge is 0.376 e. The van der Waals surface area contributed by atoms with Crippen LogP contribution in [0.25, 0.3) is 0 Å². The number of likely N-dealkylation sites (N-methyl/N-ethyl adjacent to an activating group) is 1. The fraction of sp³-hybridized carbons (Fsp3) is 0.375. The second kappa shape index (κ2) is 7.81. The van der Waals surface area contributed by atoms with Crippen molar-refractivity contribution >= 4 is 29.1 Å². The smallest absolute Gasteiger partial charge is 0.261 e. The van der Waals surface area contributed by atoms with Crippen molar-refractivity contribution in [1.29, 1.82) is 0 Å². The summed E-state index contributed by atoms with van der Waals surface area (Å²) in [5.74, 6) is -0.983. The van der Waals surface area contributed by atoms with Crippen LogP contribution in [0.2, 0.25) is 0 Å². The number of amides is 3. The minimum Gasteiger partial charge on any atom is -0.376 e. The lowest BCUT2D eigenvalue weighted by atomic mass is 10.1. The zero-order valence-corrected chi connectivity index (χ0v) is 17.5. The maximum atomic E-state index is 12.9. The molecular formula is C24H25N3O4. The third-order valence-electron chi connectivity index (χ3n) is 6.36. The van der Waals surface area contributed by atoms with Crippen LogP contribution in [0.1, 0.15) is 56.4 Å². The Labute approximate surface area is 181 Å². The number of hydrogen-bond donors (Lipinski definition) is 1. The minimum atomic E-state index is -0.360. The monoisotopic (exact) mass is 419 g/mol. The number of rotatable bonds is 5. The molecule has 0 aromatic heterocycles. The first kappa shape index (κ1) is 19.8. The van der Waals surface area contributed by atoms with E-state index in [9.17, 15) is 14.4 Å². The van der Waals surface area contributed by atoms with Gasteiger partial charge in [0.05, 0.1) is 23.8 Å². The summed E-state index contributed by atoms with van der Waals surface area (Å²) < 4.78 is 5.57. The highest BCUT2D eigenvalue weighted by atomic mass is 16.5. The lowest BCUT2D eigenvalue weighted by Crippen LogP contribution is -2.36. The molecule has 2 aromatic rings. The minimum absolute atomic E-state index is 0.104. The van der Waals surface area contributed by atoms with E-state index < -0.39 is 0 Å². The van der Waals surface area contributed by atoms with Crippen molar-refractivity contribution in [1.82, 2.24) is 4.90 Å². The molecule has 160 valence electrons. The summed E-state index contributed by atoms with van der Waals surface area (Å²) in [6.07, 6.45) is 2.70. The molecule has 1 saturated heterocycles. The van der Waals surface area contributed by atoms with E-state index >= 15 is 0 Å². The van der Waals surface area contributed by atoms with Crippen LogP contribution >= 0.6 is 0 Å². The molecule has 3 amide bonds. The number of ether oxygens (including phenoxy) is 1. The van der Waals surface area contributed by atoms with Crippen LogP contribution in [0.5, 0.6) is 0 Å². The van der Waals surface area contributed by atoms with Gasteiger partial charge in [0.2, 0.25) is 0 Å². The van der Waals surface area contributed by atoms with Crippen LogP contribution in [0.4, 0.5) is 11.4 Å². The van der Waals surface area contributed by atoms with Gasteiger partial charge in [0.25, 0.3) is 17.7 Å². The first-order valence-electron chi connectivity index (χ1n) is 10.9. The van der Waals surface area contributed by atoms with E-state index in [1.165, 1.54) is 16.5 Å². The molecule has 1 atom stereocenters. The highest BCUT2D eigenvalue weighted by Crippen LogP contribution is 2.31. The molecule has 0 aliphatic carbocycles. The molecule has 7 nitrogen and oxygen atoms in total. The Kier molecular flexibility index (Phi) is 4.98. The van der Waals surface area contributed by atoms with Crippen molar-refractivity contribution in [2.24, 2.45) is 0 Å². The standard InChI is InChI=1S/C24H25N3O4/c1-2-26-10-9-15-5-7-17(13-21(15)26)25-22(28)16-6-8-19-20(12-16)24(30)27(23(19)29)14-18-4-3-11-31-18/h5-8,12-13,18H,2-4,9-11,14H2,1H3,(H,25,28). The van der Waals surface area contributed by atoms with E-state index in [0.717, 1.165) is 38.0 Å². The topological polar surface area (TPSA) is 79.0 Å². The molecule has 5 rings (SSSR count). The quantitative estimate of drug-likeness (QED) is 0.754. The summed E-state index contributed by atoms with van der Waals surface area (Å²) in [5, 5.41) is 2.92. The Bertz CT molecular complexity index is 1070. The summed E-state index contributed by atoms with van der Waals surface area (Å²) in [4.78, 5) is 41.9. The van der Waals surface area contributed by atoms with Gasteiger partial charge in [-0.2, -0.15) is 0 Å². The van der Waals surface area contributed by atoms with E-state index in [1.54, 1.807) is 12.1 Å². The molecule has 7 heteroatoms. The lowest BCUT2D eigenvalue weighted by molar-refractivity contribution is 0.0475. The van der Waals surface area contributed by atoms with Gasteiger partial charge in [-0.3, -0.25) is 19.3 Å². The third kappa shape index (κ3) is 3.49. The Morgan fingerprint density at radius 2 is 1.97 bits per heavy atom. The summed E-state index contributed by atoms with van der Waals surface area (Å²) >= 11 is 0. The summed E-state index contributed by atoms with van der Waals surface area (Å²) in [6, 6.07) is 10.6. The molecule has 2 aromatic carbocycles. The molecule has 31 heavy (non-hydrogen) atoms. The molecule has 0 saturated carbocycles. The normalized spacial score (nSPS) is 19.7. The number of hydrogen-bond acceptors (Lipinski definition) is 5. The highest BCUT2D eigenvalue weighted by Gasteiger charge is 2.38. The number of nitrogens with zero attached hydrogens (tertiary/aromatic N) is 2. The average Bonchev–Trinajstić information content (AvgIpc) is 3.49. The maximum absolute atomic E-state index is 12.9. The molecule has 1 unspecified atom stereocenters. The van der Waals surface area contributed by atoms with Crippen molar-refractivity contribution in [3.63, 3.8) is 0 Å². The molecular weight excluding hydrogens is 394 g/mol. The molecule has 3 aliphatic rings. The Hall–Kier alpha value is -3.19. The van der Waals surface area contributed by atoms with Gasteiger partial charge in [-0.1, -0.05) is 6.07 Å². The van der Waals surface area contributed by atoms with Crippen molar-refractivity contribution < 1.29 is 19.1 Å². The van der Waals surface area contributed by atoms with Gasteiger partial charge in [-0.15, -0.1) is 0 Å². The Morgan fingerprint density at radius 3 is 2.74 bits per heavy atom. The van der Waals surface area contributed by atoms with Gasteiger partial charge < -0.3 is 15.0 Å². The molecule has 0 radical (unpaired) electrons. The average molecular weight is 419 g/mol. The van der Waals surface area contributed by atoms with Gasteiger partial charge in [-0.25, -0.2) is 0 Å². The summed E-state index contributed by atoms with van der Waals surface area (Å²) in [7, 11) is 0. The van der Waals surface area contributed by atoms with Crippen LogP contribution in [-0.2, 0) is 11.2 Å². The van der Waals surface area contributed by atoms with E-state index in [2.05, 4.69) is 23.2 Å². The van der Waals surface area contributed by atoms with E-state index in [-0.39, 0.29) is 35.9 Å². The molecule has 3 aliphatic heterocycles. The number of imide groups is 1. The molecule has 1 N–H and O–H groups in total. The first-order valence-corrected chi connectivity index (χ1v) is 10.9. The van der Waals surface area contributed by atoms with Gasteiger partial charge >= 0.3 is 0 Å². The molecule has 3 heterocycles. The predicted molar refractivity (Wildman–Crippen MR) is 117 cm³/mol. The van der Waals surface area contributed by atoms with Crippen LogP contribution in [0.3, 0.4) is 0 Å². The second-order valence-electron chi connectivity index (χ2n) is 8.24. The number of anilines is 2. The predicted octanol–water partition coefficient (Wildman–Crippen LogP) is 3.10. The van der Waals surface area contributed by atoms with Crippen LogP contribution in [0.15, 0.2) is 36.4 Å². The van der Waals surface area contributed by atoms with Crippen molar-refractivity contribution in [3.05, 3.63) is 58.7 Å². The van der Waals surface area contributed by atoms with Crippen molar-refractivity contribution in [3.8, 4) is 0 Å². The number of carbonyl (C=O) groups excluding carboxylic acids is 3. The fourth-order valence-corrected chi connectivity index (χ4v) is 4.64. The number of carbonyl (C=O) groups is 3. The maximum Gasteiger partial charge on any atom is 0.261 e. The van der Waals surface area contributed by atoms with Crippen molar-refractivity contribution in [2.75, 3.05) is 36.5 Å². The third-order valence-corrected chi connectivity index (χ3v) is 6.36. The van der Waals surface area contributed by atoms with E-state index in [4.69, 9.17) is 4.74 Å². The van der Waals surface area contributed by atoms with Gasteiger partial charge in [0.15, 0.2) is 0 Å². The first-order chi connectivity index (χ1) is 15.0. The summed E-state index contributed by atoms with van der Waals surface area (Å²) in [5.41, 5.74) is 4.13. The molecule has 1 fully saturated rings. The Balaban J connectivity index is 1.34. The van der Waals surface area contributed by atoms with Crippen LogP contribution < -0.4 is 10.2 Å². The van der Waals surface area contributed by atoms with Gasteiger partial charge in [0, 0.05) is 36.6 Å². The second-order valence-corrected chi connectivity index (χ2v) is 8.24. The Morgan fingerprint density at radius 1 is 1.13 bits per heavy atom. The fourth-order valence-electron chi connectivity index (χ4n) is 4.64. The van der Waals surface area contributed by atoms with Gasteiger partial charge in [-0.05, 0) is 62.1 Å². The zero-order chi connectivity index (χ0) is 21.5. The summed E-state index contributed by atoms with van der Waals surface area (Å²) in [6.45, 7) is 4.96. The lowest BCUT2D eigenvalue weighted by Gasteiger charge is -2.18. The van der Waals surface area contributed by atoms with E-state index in [0.29, 0.717) is 23.4 Å². The van der Waals surface area contributed by atoms with Gasteiger partial charge in [0.1, 0.15) is 0 Å². The van der Waals surface area contributed by atoms with Crippen LogP contribution in [0, 0.1) is 0 Å². The SMILES string of the molecule is CCN1CCc2ccc(NC(=O)c3ccc4c(c3)C(=O)N(CC3CCCO3)C4=O)cc21. The van der Waals surface area contributed by atoms with Crippen LogP contribution in [-0.4, -0.2) is 55.0 Å². The van der Waals surface area contributed by atoms with E-state index in [1.807, 2.05) is 12.1 Å².